The van der Waals surface area contributed by atoms with E-state index in [0.717, 1.165) is 30.4 Å². The number of nitrogens with zero attached hydrogens (tertiary/aromatic N) is 3. The molecule has 1 aliphatic heterocycles. The van der Waals surface area contributed by atoms with E-state index in [2.05, 4.69) is 9.97 Å². The topological polar surface area (TPSA) is 69.3 Å². The number of imidazole rings is 1. The number of amides is 2. The van der Waals surface area contributed by atoms with Gasteiger partial charge in [0.15, 0.2) is 0 Å². The average Bonchev–Trinajstić information content (AvgIpc) is 2.88. The van der Waals surface area contributed by atoms with E-state index in [9.17, 15) is 9.59 Å². The zero-order valence-electron chi connectivity index (χ0n) is 13.4. The third-order valence-corrected chi connectivity index (χ3v) is 4.27. The Morgan fingerprint density at radius 3 is 2.78 bits per heavy atom. The molecule has 6 heteroatoms. The highest BCUT2D eigenvalue weighted by atomic mass is 16.2. The molecule has 6 nitrogen and oxygen atoms in total. The number of fused-ring (bicyclic) bond motifs is 1. The molecule has 0 bridgehead atoms. The Morgan fingerprint density at radius 2 is 1.96 bits per heavy atom. The lowest BCUT2D eigenvalue weighted by Gasteiger charge is -2.22. The average molecular weight is 314 g/mol. The normalized spacial score (nSPS) is 15.7. The van der Waals surface area contributed by atoms with E-state index in [1.807, 2.05) is 34.9 Å². The Bertz CT molecular complexity index is 709. The predicted octanol–water partition coefficient (Wildman–Crippen LogP) is 2.04. The first-order chi connectivity index (χ1) is 11.2. The number of hydrogen-bond acceptors (Lipinski definition) is 3. The summed E-state index contributed by atoms with van der Waals surface area (Å²) in [5.74, 6) is 0.215. The minimum atomic E-state index is 0.0197. The molecule has 1 saturated heterocycles. The van der Waals surface area contributed by atoms with Gasteiger partial charge >= 0.3 is 0 Å². The van der Waals surface area contributed by atoms with Crippen molar-refractivity contribution in [1.82, 2.24) is 19.8 Å². The molecule has 2 amide bonds. The molecule has 2 aromatic rings. The van der Waals surface area contributed by atoms with Gasteiger partial charge in [0, 0.05) is 38.2 Å². The first kappa shape index (κ1) is 15.5. The fourth-order valence-electron chi connectivity index (χ4n) is 2.99. The fourth-order valence-corrected chi connectivity index (χ4v) is 2.99. The summed E-state index contributed by atoms with van der Waals surface area (Å²) in [6.07, 6.45) is 3.90. The Kier molecular flexibility index (Phi) is 4.60. The maximum Gasteiger partial charge on any atom is 0.253 e. The standard InChI is InChI=1S/C17H22N4O2/c1-2-4-16(22)20-7-3-8-21(10-9-20)17(23)13-5-6-14-15(11-13)19-12-18-14/h5-6,11-12H,2-4,7-10H2,1H3,(H,18,19). The monoisotopic (exact) mass is 314 g/mol. The zero-order chi connectivity index (χ0) is 16.2. The van der Waals surface area contributed by atoms with Crippen LogP contribution < -0.4 is 0 Å². The van der Waals surface area contributed by atoms with Crippen molar-refractivity contribution in [1.29, 1.82) is 0 Å². The van der Waals surface area contributed by atoms with Crippen LogP contribution in [0.1, 0.15) is 36.5 Å². The van der Waals surface area contributed by atoms with Crippen LogP contribution in [0, 0.1) is 0 Å². The number of aromatic amines is 1. The minimum Gasteiger partial charge on any atom is -0.345 e. The number of rotatable bonds is 3. The van der Waals surface area contributed by atoms with E-state index in [4.69, 9.17) is 0 Å². The molecule has 1 aromatic heterocycles. The van der Waals surface area contributed by atoms with Crippen LogP contribution in [0.3, 0.4) is 0 Å². The largest absolute Gasteiger partial charge is 0.345 e. The molecule has 2 heterocycles. The molecule has 1 N–H and O–H groups in total. The molecule has 1 aromatic carbocycles. The first-order valence-corrected chi connectivity index (χ1v) is 8.19. The molecule has 1 aliphatic rings. The number of benzene rings is 1. The molecule has 0 unspecified atom stereocenters. The molecule has 0 saturated carbocycles. The lowest BCUT2D eigenvalue weighted by atomic mass is 10.1. The number of aromatic nitrogens is 2. The highest BCUT2D eigenvalue weighted by Crippen LogP contribution is 2.15. The summed E-state index contributed by atoms with van der Waals surface area (Å²) in [5.41, 5.74) is 2.38. The first-order valence-electron chi connectivity index (χ1n) is 8.19. The van der Waals surface area contributed by atoms with Gasteiger partial charge in [-0.1, -0.05) is 6.92 Å². The highest BCUT2D eigenvalue weighted by Gasteiger charge is 2.22. The lowest BCUT2D eigenvalue weighted by molar-refractivity contribution is -0.131. The van der Waals surface area contributed by atoms with Gasteiger partial charge in [0.1, 0.15) is 0 Å². The second kappa shape index (κ2) is 6.81. The highest BCUT2D eigenvalue weighted by molar-refractivity contribution is 5.97. The van der Waals surface area contributed by atoms with Gasteiger partial charge in [0.2, 0.25) is 5.91 Å². The molecular formula is C17H22N4O2. The summed E-state index contributed by atoms with van der Waals surface area (Å²) in [6, 6.07) is 5.51. The minimum absolute atomic E-state index is 0.0197. The van der Waals surface area contributed by atoms with Crippen molar-refractivity contribution in [2.45, 2.75) is 26.2 Å². The molecule has 0 radical (unpaired) electrons. The van der Waals surface area contributed by atoms with E-state index >= 15 is 0 Å². The van der Waals surface area contributed by atoms with Gasteiger partial charge in [0.25, 0.3) is 5.91 Å². The third kappa shape index (κ3) is 3.36. The van der Waals surface area contributed by atoms with Crippen LogP contribution in [-0.4, -0.2) is 57.8 Å². The maximum absolute atomic E-state index is 12.7. The van der Waals surface area contributed by atoms with Crippen LogP contribution in [0.4, 0.5) is 0 Å². The van der Waals surface area contributed by atoms with Gasteiger partial charge in [-0.25, -0.2) is 4.98 Å². The predicted molar refractivity (Wildman–Crippen MR) is 88.1 cm³/mol. The Morgan fingerprint density at radius 1 is 1.17 bits per heavy atom. The van der Waals surface area contributed by atoms with Crippen molar-refractivity contribution in [2.24, 2.45) is 0 Å². The van der Waals surface area contributed by atoms with E-state index in [1.165, 1.54) is 0 Å². The molecule has 3 rings (SSSR count). The van der Waals surface area contributed by atoms with Crippen LogP contribution in [0.5, 0.6) is 0 Å². The van der Waals surface area contributed by atoms with Crippen molar-refractivity contribution in [3.8, 4) is 0 Å². The van der Waals surface area contributed by atoms with Crippen molar-refractivity contribution in [3.63, 3.8) is 0 Å². The second-order valence-corrected chi connectivity index (χ2v) is 5.91. The lowest BCUT2D eigenvalue weighted by Crippen LogP contribution is -2.37. The number of H-pyrrole nitrogens is 1. The summed E-state index contributed by atoms with van der Waals surface area (Å²) in [5, 5.41) is 0. The summed E-state index contributed by atoms with van der Waals surface area (Å²) in [4.78, 5) is 35.7. The van der Waals surface area contributed by atoms with Gasteiger partial charge in [-0.05, 0) is 31.0 Å². The molecule has 1 fully saturated rings. The van der Waals surface area contributed by atoms with Crippen LogP contribution in [0.25, 0.3) is 11.0 Å². The number of carbonyl (C=O) groups excluding carboxylic acids is 2. The molecule has 0 atom stereocenters. The van der Waals surface area contributed by atoms with Gasteiger partial charge in [0.05, 0.1) is 17.4 Å². The summed E-state index contributed by atoms with van der Waals surface area (Å²) < 4.78 is 0. The smallest absolute Gasteiger partial charge is 0.253 e. The molecule has 23 heavy (non-hydrogen) atoms. The number of hydrogen-bond donors (Lipinski definition) is 1. The van der Waals surface area contributed by atoms with Gasteiger partial charge in [-0.2, -0.15) is 0 Å². The molecule has 0 spiro atoms. The van der Waals surface area contributed by atoms with Crippen LogP contribution in [-0.2, 0) is 4.79 Å². The quantitative estimate of drug-likeness (QED) is 0.942. The Hall–Kier alpha value is -2.37. The number of carbonyl (C=O) groups is 2. The van der Waals surface area contributed by atoms with Gasteiger partial charge in [-0.3, -0.25) is 9.59 Å². The van der Waals surface area contributed by atoms with Crippen molar-refractivity contribution >= 4 is 22.8 Å². The van der Waals surface area contributed by atoms with E-state index in [1.54, 1.807) is 6.33 Å². The maximum atomic E-state index is 12.7. The van der Waals surface area contributed by atoms with Gasteiger partial charge < -0.3 is 14.8 Å². The van der Waals surface area contributed by atoms with Crippen molar-refractivity contribution in [2.75, 3.05) is 26.2 Å². The summed E-state index contributed by atoms with van der Waals surface area (Å²) in [6.45, 7) is 4.65. The SMILES string of the molecule is CCCC(=O)N1CCCN(C(=O)c2ccc3nc[nH]c3c2)CC1. The summed E-state index contributed by atoms with van der Waals surface area (Å²) in [7, 11) is 0. The summed E-state index contributed by atoms with van der Waals surface area (Å²) >= 11 is 0. The van der Waals surface area contributed by atoms with Gasteiger partial charge in [-0.15, -0.1) is 0 Å². The van der Waals surface area contributed by atoms with Crippen molar-refractivity contribution < 1.29 is 9.59 Å². The Labute approximate surface area is 135 Å². The van der Waals surface area contributed by atoms with Crippen LogP contribution >= 0.6 is 0 Å². The van der Waals surface area contributed by atoms with Crippen molar-refractivity contribution in [3.05, 3.63) is 30.1 Å². The molecule has 0 aliphatic carbocycles. The second-order valence-electron chi connectivity index (χ2n) is 5.91. The number of nitrogens with one attached hydrogen (secondary N) is 1. The molecular weight excluding hydrogens is 292 g/mol. The third-order valence-electron chi connectivity index (χ3n) is 4.27. The van der Waals surface area contributed by atoms with E-state index in [0.29, 0.717) is 31.6 Å². The van der Waals surface area contributed by atoms with Crippen LogP contribution in [0.15, 0.2) is 24.5 Å². The van der Waals surface area contributed by atoms with Crippen LogP contribution in [0.2, 0.25) is 0 Å². The van der Waals surface area contributed by atoms with E-state index in [-0.39, 0.29) is 11.8 Å². The van der Waals surface area contributed by atoms with E-state index < -0.39 is 0 Å². The Balaban J connectivity index is 1.69. The fraction of sp³-hybridized carbons (Fsp3) is 0.471. The zero-order valence-corrected chi connectivity index (χ0v) is 13.4. The molecule has 122 valence electrons.